The summed E-state index contributed by atoms with van der Waals surface area (Å²) in [5.74, 6) is 1.50. The van der Waals surface area contributed by atoms with Crippen molar-refractivity contribution >= 4 is 0 Å². The van der Waals surface area contributed by atoms with Gasteiger partial charge in [-0.1, -0.05) is 39.5 Å². The zero-order valence-electron chi connectivity index (χ0n) is 11.0. The third kappa shape index (κ3) is 2.30. The van der Waals surface area contributed by atoms with Crippen LogP contribution in [0.2, 0.25) is 0 Å². The maximum absolute atomic E-state index is 10.7. The van der Waals surface area contributed by atoms with Crippen LogP contribution in [-0.4, -0.2) is 11.2 Å². The van der Waals surface area contributed by atoms with E-state index in [-0.39, 0.29) is 6.10 Å². The quantitative estimate of drug-likeness (QED) is 0.763. The van der Waals surface area contributed by atoms with Crippen molar-refractivity contribution in [2.24, 2.45) is 17.3 Å². The molecule has 0 aromatic heterocycles. The molecule has 1 atom stereocenters. The topological polar surface area (TPSA) is 20.2 Å². The minimum atomic E-state index is -0.00694. The number of hydrogen-bond donors (Lipinski definition) is 1. The van der Waals surface area contributed by atoms with Crippen LogP contribution in [0.25, 0.3) is 0 Å². The SMILES string of the molecule is CCC1(C(O)C2CCC(C)CC2)CCCC1. The van der Waals surface area contributed by atoms with E-state index in [0.717, 1.165) is 5.92 Å². The molecule has 0 bridgehead atoms. The first kappa shape index (κ1) is 12.4. The fourth-order valence-corrected chi connectivity index (χ4v) is 4.04. The molecule has 2 rings (SSSR count). The predicted molar refractivity (Wildman–Crippen MR) is 68.3 cm³/mol. The molecular weight excluding hydrogens is 196 g/mol. The van der Waals surface area contributed by atoms with Crippen molar-refractivity contribution in [1.29, 1.82) is 0 Å². The highest BCUT2D eigenvalue weighted by Crippen LogP contribution is 2.48. The van der Waals surface area contributed by atoms with Crippen LogP contribution in [0, 0.1) is 17.3 Å². The Morgan fingerprint density at radius 2 is 1.69 bits per heavy atom. The Hall–Kier alpha value is -0.0400. The minimum Gasteiger partial charge on any atom is -0.392 e. The van der Waals surface area contributed by atoms with Crippen molar-refractivity contribution < 1.29 is 5.11 Å². The van der Waals surface area contributed by atoms with Crippen LogP contribution in [0.4, 0.5) is 0 Å². The van der Waals surface area contributed by atoms with E-state index in [1.807, 2.05) is 0 Å². The lowest BCUT2D eigenvalue weighted by Gasteiger charge is -2.40. The van der Waals surface area contributed by atoms with Crippen LogP contribution >= 0.6 is 0 Å². The fourth-order valence-electron chi connectivity index (χ4n) is 4.04. The molecule has 1 unspecified atom stereocenters. The molecule has 0 aromatic carbocycles. The normalized spacial score (nSPS) is 36.2. The largest absolute Gasteiger partial charge is 0.392 e. The summed E-state index contributed by atoms with van der Waals surface area (Å²) in [6.07, 6.45) is 11.6. The predicted octanol–water partition coefficient (Wildman–Crippen LogP) is 4.14. The maximum Gasteiger partial charge on any atom is 0.0624 e. The molecule has 16 heavy (non-hydrogen) atoms. The Bertz CT molecular complexity index is 209. The molecule has 2 aliphatic carbocycles. The molecule has 0 heterocycles. The van der Waals surface area contributed by atoms with E-state index in [4.69, 9.17) is 0 Å². The second-order valence-corrected chi connectivity index (χ2v) is 6.39. The van der Waals surface area contributed by atoms with E-state index in [2.05, 4.69) is 13.8 Å². The lowest BCUT2D eigenvalue weighted by Crippen LogP contribution is -2.39. The van der Waals surface area contributed by atoms with Gasteiger partial charge in [0.1, 0.15) is 0 Å². The molecule has 0 saturated heterocycles. The smallest absolute Gasteiger partial charge is 0.0624 e. The van der Waals surface area contributed by atoms with Crippen molar-refractivity contribution in [3.63, 3.8) is 0 Å². The van der Waals surface area contributed by atoms with Gasteiger partial charge < -0.3 is 5.11 Å². The summed E-state index contributed by atoms with van der Waals surface area (Å²) in [7, 11) is 0. The van der Waals surface area contributed by atoms with Gasteiger partial charge in [0.05, 0.1) is 6.10 Å². The third-order valence-corrected chi connectivity index (χ3v) is 5.44. The van der Waals surface area contributed by atoms with Gasteiger partial charge in [0.25, 0.3) is 0 Å². The fraction of sp³-hybridized carbons (Fsp3) is 1.00. The Morgan fingerprint density at radius 3 is 2.19 bits per heavy atom. The average molecular weight is 224 g/mol. The van der Waals surface area contributed by atoms with Gasteiger partial charge in [0.15, 0.2) is 0 Å². The summed E-state index contributed by atoms with van der Waals surface area (Å²) < 4.78 is 0. The van der Waals surface area contributed by atoms with Gasteiger partial charge in [-0.25, -0.2) is 0 Å². The highest BCUT2D eigenvalue weighted by molar-refractivity contribution is 4.93. The van der Waals surface area contributed by atoms with Crippen molar-refractivity contribution in [2.45, 2.75) is 77.7 Å². The second-order valence-electron chi connectivity index (χ2n) is 6.39. The summed E-state index contributed by atoms with van der Waals surface area (Å²) in [6.45, 7) is 4.63. The Kier molecular flexibility index (Phi) is 3.94. The zero-order chi connectivity index (χ0) is 11.6. The van der Waals surface area contributed by atoms with E-state index in [9.17, 15) is 5.11 Å². The Morgan fingerprint density at radius 1 is 1.12 bits per heavy atom. The van der Waals surface area contributed by atoms with Gasteiger partial charge in [0, 0.05) is 0 Å². The molecule has 2 fully saturated rings. The zero-order valence-corrected chi connectivity index (χ0v) is 11.0. The first-order chi connectivity index (χ1) is 7.68. The molecule has 2 saturated carbocycles. The summed E-state index contributed by atoms with van der Waals surface area (Å²) in [4.78, 5) is 0. The first-order valence-corrected chi connectivity index (χ1v) is 7.36. The molecule has 1 heteroatoms. The van der Waals surface area contributed by atoms with Crippen LogP contribution in [-0.2, 0) is 0 Å². The number of aliphatic hydroxyl groups is 1. The standard InChI is InChI=1S/C15H28O/c1-3-15(10-4-5-11-15)14(16)13-8-6-12(2)7-9-13/h12-14,16H,3-11H2,1-2H3. The first-order valence-electron chi connectivity index (χ1n) is 7.36. The summed E-state index contributed by atoms with van der Waals surface area (Å²) in [5.41, 5.74) is 0.297. The summed E-state index contributed by atoms with van der Waals surface area (Å²) in [6, 6.07) is 0. The van der Waals surface area contributed by atoms with Gasteiger partial charge in [-0.2, -0.15) is 0 Å². The molecule has 0 amide bonds. The molecule has 0 spiro atoms. The van der Waals surface area contributed by atoms with Gasteiger partial charge in [-0.05, 0) is 49.4 Å². The molecular formula is C15H28O. The van der Waals surface area contributed by atoms with E-state index in [0.29, 0.717) is 11.3 Å². The summed E-state index contributed by atoms with van der Waals surface area (Å²) >= 11 is 0. The molecule has 94 valence electrons. The van der Waals surface area contributed by atoms with Gasteiger partial charge in [-0.3, -0.25) is 0 Å². The van der Waals surface area contributed by atoms with Crippen molar-refractivity contribution in [1.82, 2.24) is 0 Å². The third-order valence-electron chi connectivity index (χ3n) is 5.44. The lowest BCUT2D eigenvalue weighted by atomic mass is 9.68. The average Bonchev–Trinajstić information content (AvgIpc) is 2.79. The van der Waals surface area contributed by atoms with Gasteiger partial charge in [-0.15, -0.1) is 0 Å². The molecule has 0 aliphatic heterocycles. The van der Waals surface area contributed by atoms with E-state index < -0.39 is 0 Å². The van der Waals surface area contributed by atoms with Crippen LogP contribution in [0.5, 0.6) is 0 Å². The Balaban J connectivity index is 1.97. The number of hydrogen-bond acceptors (Lipinski definition) is 1. The number of rotatable bonds is 3. The van der Waals surface area contributed by atoms with Crippen molar-refractivity contribution in [3.05, 3.63) is 0 Å². The number of aliphatic hydroxyl groups excluding tert-OH is 1. The molecule has 0 radical (unpaired) electrons. The maximum atomic E-state index is 10.7. The van der Waals surface area contributed by atoms with Crippen molar-refractivity contribution in [3.8, 4) is 0 Å². The Labute approximate surface area is 101 Å². The van der Waals surface area contributed by atoms with Crippen LogP contribution in [0.1, 0.15) is 71.6 Å². The van der Waals surface area contributed by atoms with Gasteiger partial charge in [0.2, 0.25) is 0 Å². The summed E-state index contributed by atoms with van der Waals surface area (Å²) in [5, 5.41) is 10.7. The molecule has 2 aliphatic rings. The highest BCUT2D eigenvalue weighted by atomic mass is 16.3. The molecule has 1 nitrogen and oxygen atoms in total. The van der Waals surface area contributed by atoms with Crippen LogP contribution in [0.3, 0.4) is 0 Å². The lowest BCUT2D eigenvalue weighted by molar-refractivity contribution is -0.0341. The van der Waals surface area contributed by atoms with Crippen LogP contribution in [0.15, 0.2) is 0 Å². The monoisotopic (exact) mass is 224 g/mol. The second kappa shape index (κ2) is 5.08. The minimum absolute atomic E-state index is 0.00694. The van der Waals surface area contributed by atoms with Crippen molar-refractivity contribution in [2.75, 3.05) is 0 Å². The highest BCUT2D eigenvalue weighted by Gasteiger charge is 2.42. The van der Waals surface area contributed by atoms with E-state index in [1.54, 1.807) is 0 Å². The van der Waals surface area contributed by atoms with Gasteiger partial charge >= 0.3 is 0 Å². The van der Waals surface area contributed by atoms with Crippen LogP contribution < -0.4 is 0 Å². The molecule has 0 aromatic rings. The van der Waals surface area contributed by atoms with E-state index in [1.165, 1.54) is 57.8 Å². The van der Waals surface area contributed by atoms with E-state index >= 15 is 0 Å². The molecule has 1 N–H and O–H groups in total.